The number of hydrogen-bond donors (Lipinski definition) is 1. The molecule has 1 saturated heterocycles. The van der Waals surface area contributed by atoms with E-state index in [9.17, 15) is 9.59 Å². The van der Waals surface area contributed by atoms with Crippen molar-refractivity contribution < 1.29 is 9.59 Å². The van der Waals surface area contributed by atoms with E-state index < -0.39 is 0 Å². The van der Waals surface area contributed by atoms with E-state index in [1.165, 1.54) is 11.8 Å². The fraction of sp³-hybridized carbons (Fsp3) is 0.263. The molecule has 2 aromatic carbocycles. The van der Waals surface area contributed by atoms with Gasteiger partial charge in [-0.1, -0.05) is 30.3 Å². The number of anilines is 1. The quantitative estimate of drug-likeness (QED) is 0.743. The number of piperazine rings is 1. The van der Waals surface area contributed by atoms with Crippen molar-refractivity contribution in [3.8, 4) is 0 Å². The predicted octanol–water partition coefficient (Wildman–Crippen LogP) is 3.92. The van der Waals surface area contributed by atoms with Crippen molar-refractivity contribution in [2.75, 3.05) is 37.2 Å². The topological polar surface area (TPSA) is 52.7 Å². The number of nitrogens with zero attached hydrogens (tertiary/aromatic N) is 2. The number of urea groups is 1. The van der Waals surface area contributed by atoms with Gasteiger partial charge in [-0.3, -0.25) is 4.79 Å². The molecule has 1 heterocycles. The molecular weight excluding hydrogens is 414 g/mol. The van der Waals surface area contributed by atoms with E-state index in [4.69, 9.17) is 0 Å². The molecule has 1 N–H and O–H groups in total. The lowest BCUT2D eigenvalue weighted by Gasteiger charge is -2.34. The van der Waals surface area contributed by atoms with Crippen LogP contribution in [0.5, 0.6) is 0 Å². The van der Waals surface area contributed by atoms with Crippen LogP contribution in [0.2, 0.25) is 0 Å². The SMILES string of the molecule is O=C(CSc1ccccc1Br)N1CCN(C(=O)Nc2ccccc2)CC1. The largest absolute Gasteiger partial charge is 0.338 e. The minimum atomic E-state index is -0.120. The third-order valence-corrected chi connectivity index (χ3v) is 6.14. The summed E-state index contributed by atoms with van der Waals surface area (Å²) in [6.45, 7) is 2.23. The van der Waals surface area contributed by atoms with E-state index in [0.29, 0.717) is 31.9 Å². The Morgan fingerprint density at radius 1 is 0.923 bits per heavy atom. The monoisotopic (exact) mass is 433 g/mol. The van der Waals surface area contributed by atoms with Crippen LogP contribution in [0, 0.1) is 0 Å². The number of nitrogens with one attached hydrogen (secondary N) is 1. The summed E-state index contributed by atoms with van der Waals surface area (Å²) in [6, 6.07) is 17.1. The van der Waals surface area contributed by atoms with E-state index in [1.54, 1.807) is 4.90 Å². The maximum Gasteiger partial charge on any atom is 0.321 e. The Morgan fingerprint density at radius 3 is 2.23 bits per heavy atom. The Bertz CT molecular complexity index is 764. The number of amides is 3. The number of halogens is 1. The summed E-state index contributed by atoms with van der Waals surface area (Å²) in [5, 5.41) is 2.88. The summed E-state index contributed by atoms with van der Waals surface area (Å²) in [4.78, 5) is 29.3. The Labute approximate surface area is 165 Å². The van der Waals surface area contributed by atoms with Crippen LogP contribution < -0.4 is 5.32 Å². The zero-order valence-corrected chi connectivity index (χ0v) is 16.6. The maximum atomic E-state index is 12.4. The molecule has 1 aliphatic heterocycles. The normalized spacial score (nSPS) is 14.2. The van der Waals surface area contributed by atoms with Crippen LogP contribution in [-0.2, 0) is 4.79 Å². The maximum absolute atomic E-state index is 12.4. The Morgan fingerprint density at radius 2 is 1.54 bits per heavy atom. The van der Waals surface area contributed by atoms with Gasteiger partial charge in [0, 0.05) is 41.2 Å². The first kappa shape index (κ1) is 18.8. The standard InChI is InChI=1S/C19H20BrN3O2S/c20-16-8-4-5-9-17(16)26-14-18(24)22-10-12-23(13-11-22)19(25)21-15-6-2-1-3-7-15/h1-9H,10-14H2,(H,21,25). The minimum absolute atomic E-state index is 0.105. The molecule has 0 atom stereocenters. The fourth-order valence-corrected chi connectivity index (χ4v) is 4.15. The smallest absolute Gasteiger partial charge is 0.321 e. The highest BCUT2D eigenvalue weighted by molar-refractivity contribution is 9.10. The number of carbonyl (C=O) groups is 2. The molecule has 3 amide bonds. The first-order valence-corrected chi connectivity index (χ1v) is 10.2. The molecule has 1 aliphatic rings. The molecule has 0 bridgehead atoms. The molecular formula is C19H20BrN3O2S. The van der Waals surface area contributed by atoms with Gasteiger partial charge in [0.1, 0.15) is 0 Å². The average Bonchev–Trinajstić information content (AvgIpc) is 2.68. The van der Waals surface area contributed by atoms with Gasteiger partial charge in [0.2, 0.25) is 5.91 Å². The van der Waals surface area contributed by atoms with Crippen molar-refractivity contribution in [1.82, 2.24) is 9.80 Å². The van der Waals surface area contributed by atoms with Gasteiger partial charge in [0.25, 0.3) is 0 Å². The van der Waals surface area contributed by atoms with Gasteiger partial charge in [-0.15, -0.1) is 11.8 Å². The van der Waals surface area contributed by atoms with Crippen molar-refractivity contribution in [3.05, 3.63) is 59.1 Å². The Balaban J connectivity index is 1.45. The van der Waals surface area contributed by atoms with E-state index in [0.717, 1.165) is 15.1 Å². The van der Waals surface area contributed by atoms with Crippen LogP contribution >= 0.6 is 27.7 Å². The molecule has 2 aromatic rings. The van der Waals surface area contributed by atoms with Crippen LogP contribution in [-0.4, -0.2) is 53.7 Å². The molecule has 0 aliphatic carbocycles. The molecule has 0 spiro atoms. The summed E-state index contributed by atoms with van der Waals surface area (Å²) < 4.78 is 1.00. The van der Waals surface area contributed by atoms with Crippen molar-refractivity contribution in [1.29, 1.82) is 0 Å². The molecule has 26 heavy (non-hydrogen) atoms. The van der Waals surface area contributed by atoms with Gasteiger partial charge in [-0.2, -0.15) is 0 Å². The third kappa shape index (κ3) is 5.02. The predicted molar refractivity (Wildman–Crippen MR) is 108 cm³/mol. The first-order chi connectivity index (χ1) is 12.6. The summed E-state index contributed by atoms with van der Waals surface area (Å²) in [7, 11) is 0. The zero-order valence-electron chi connectivity index (χ0n) is 14.2. The summed E-state index contributed by atoms with van der Waals surface area (Å²) in [5.74, 6) is 0.507. The van der Waals surface area contributed by atoms with Crippen LogP contribution in [0.3, 0.4) is 0 Å². The molecule has 0 unspecified atom stereocenters. The number of rotatable bonds is 4. The first-order valence-electron chi connectivity index (χ1n) is 8.39. The molecule has 7 heteroatoms. The molecule has 1 fully saturated rings. The molecule has 136 valence electrons. The van der Waals surface area contributed by atoms with Gasteiger partial charge >= 0.3 is 6.03 Å². The van der Waals surface area contributed by atoms with Gasteiger partial charge in [0.15, 0.2) is 0 Å². The van der Waals surface area contributed by atoms with Crippen LogP contribution in [0.25, 0.3) is 0 Å². The lowest BCUT2D eigenvalue weighted by Crippen LogP contribution is -2.52. The number of benzene rings is 2. The third-order valence-electron chi connectivity index (χ3n) is 4.13. The van der Waals surface area contributed by atoms with E-state index in [-0.39, 0.29) is 11.9 Å². The Hall–Kier alpha value is -1.99. The van der Waals surface area contributed by atoms with Gasteiger partial charge in [-0.05, 0) is 40.2 Å². The summed E-state index contributed by atoms with van der Waals surface area (Å²) in [5.41, 5.74) is 0.779. The molecule has 3 rings (SSSR count). The fourth-order valence-electron chi connectivity index (χ4n) is 2.68. The second-order valence-corrected chi connectivity index (χ2v) is 7.75. The van der Waals surface area contributed by atoms with Crippen molar-refractivity contribution in [3.63, 3.8) is 0 Å². The second kappa shape index (κ2) is 9.09. The molecule has 0 radical (unpaired) electrons. The number of para-hydroxylation sites is 1. The molecule has 0 saturated carbocycles. The lowest BCUT2D eigenvalue weighted by atomic mass is 10.3. The van der Waals surface area contributed by atoms with Gasteiger partial charge in [0.05, 0.1) is 5.75 Å². The van der Waals surface area contributed by atoms with E-state index in [2.05, 4.69) is 21.2 Å². The lowest BCUT2D eigenvalue weighted by molar-refractivity contribution is -0.129. The minimum Gasteiger partial charge on any atom is -0.338 e. The van der Waals surface area contributed by atoms with Crippen LogP contribution in [0.4, 0.5) is 10.5 Å². The number of hydrogen-bond acceptors (Lipinski definition) is 3. The highest BCUT2D eigenvalue weighted by atomic mass is 79.9. The van der Waals surface area contributed by atoms with Crippen LogP contribution in [0.1, 0.15) is 0 Å². The average molecular weight is 434 g/mol. The van der Waals surface area contributed by atoms with E-state index >= 15 is 0 Å². The number of thioether (sulfide) groups is 1. The number of carbonyl (C=O) groups excluding carboxylic acids is 2. The zero-order chi connectivity index (χ0) is 18.4. The highest BCUT2D eigenvalue weighted by Crippen LogP contribution is 2.27. The van der Waals surface area contributed by atoms with Crippen molar-refractivity contribution in [2.45, 2.75) is 4.90 Å². The van der Waals surface area contributed by atoms with Crippen LogP contribution in [0.15, 0.2) is 64.0 Å². The van der Waals surface area contributed by atoms with Crippen molar-refractivity contribution in [2.24, 2.45) is 0 Å². The van der Waals surface area contributed by atoms with Gasteiger partial charge in [-0.25, -0.2) is 4.79 Å². The van der Waals surface area contributed by atoms with Crippen molar-refractivity contribution >= 4 is 45.3 Å². The Kier molecular flexibility index (Phi) is 6.57. The highest BCUT2D eigenvalue weighted by Gasteiger charge is 2.24. The summed E-state index contributed by atoms with van der Waals surface area (Å²) in [6.07, 6.45) is 0. The molecule has 0 aromatic heterocycles. The second-order valence-electron chi connectivity index (χ2n) is 5.88. The summed E-state index contributed by atoms with van der Waals surface area (Å²) >= 11 is 5.02. The van der Waals surface area contributed by atoms with E-state index in [1.807, 2.05) is 59.5 Å². The van der Waals surface area contributed by atoms with Gasteiger partial charge < -0.3 is 15.1 Å². The molecule has 5 nitrogen and oxygen atoms in total.